The van der Waals surface area contributed by atoms with Crippen molar-refractivity contribution in [3.63, 3.8) is 0 Å². The number of aliphatic hydroxyl groups excluding tert-OH is 2. The van der Waals surface area contributed by atoms with Crippen LogP contribution in [0.5, 0.6) is 0 Å². The minimum Gasteiger partial charge on any atom is -0.390 e. The Bertz CT molecular complexity index is 691. The van der Waals surface area contributed by atoms with E-state index in [9.17, 15) is 15.0 Å². The summed E-state index contributed by atoms with van der Waals surface area (Å²) in [6.07, 6.45) is -1.00. The van der Waals surface area contributed by atoms with Crippen molar-refractivity contribution in [1.29, 1.82) is 0 Å². The van der Waals surface area contributed by atoms with Crippen LogP contribution in [0.1, 0.15) is 11.7 Å². The van der Waals surface area contributed by atoms with E-state index < -0.39 is 12.2 Å². The Hall–Kier alpha value is -2.34. The molecule has 0 aliphatic carbocycles. The molecule has 0 saturated heterocycles. The Morgan fingerprint density at radius 3 is 2.89 bits per heavy atom. The third-order valence-corrected chi connectivity index (χ3v) is 2.84. The second kappa shape index (κ2) is 5.53. The van der Waals surface area contributed by atoms with Gasteiger partial charge in [-0.15, -0.1) is 0 Å². The van der Waals surface area contributed by atoms with Gasteiger partial charge in [-0.3, -0.25) is 4.79 Å². The molecule has 2 aromatic rings. The number of benzene rings is 1. The van der Waals surface area contributed by atoms with Crippen molar-refractivity contribution in [1.82, 2.24) is 4.98 Å². The lowest BCUT2D eigenvalue weighted by atomic mass is 10.0. The van der Waals surface area contributed by atoms with Gasteiger partial charge < -0.3 is 15.2 Å². The van der Waals surface area contributed by atoms with Gasteiger partial charge in [-0.25, -0.2) is 0 Å². The second-order valence-corrected chi connectivity index (χ2v) is 4.04. The molecular weight excluding hydrogens is 248 g/mol. The fourth-order valence-corrected chi connectivity index (χ4v) is 1.90. The van der Waals surface area contributed by atoms with Crippen LogP contribution in [-0.4, -0.2) is 27.8 Å². The zero-order valence-electron chi connectivity index (χ0n) is 9.89. The van der Waals surface area contributed by atoms with Gasteiger partial charge in [0.05, 0.1) is 18.2 Å². The Kier molecular flexibility index (Phi) is 3.82. The fourth-order valence-electron chi connectivity index (χ4n) is 1.90. The van der Waals surface area contributed by atoms with Gasteiger partial charge in [0.15, 0.2) is 5.43 Å². The molecule has 0 radical (unpaired) electrons. The molecule has 0 bridgehead atoms. The molecule has 0 saturated carbocycles. The molecule has 0 aliphatic rings. The number of aromatic nitrogens is 1. The lowest BCUT2D eigenvalue weighted by molar-refractivity contribution is 0.0252. The fraction of sp³-hybridized carbons (Fsp3) is 0.250. The van der Waals surface area contributed by atoms with E-state index in [1.807, 2.05) is 0 Å². The molecule has 0 spiro atoms. The third-order valence-electron chi connectivity index (χ3n) is 2.84. The van der Waals surface area contributed by atoms with Crippen LogP contribution >= 0.6 is 0 Å². The van der Waals surface area contributed by atoms with Crippen molar-refractivity contribution in [2.75, 3.05) is 6.54 Å². The van der Waals surface area contributed by atoms with Crippen molar-refractivity contribution in [3.05, 3.63) is 56.7 Å². The summed E-state index contributed by atoms with van der Waals surface area (Å²) < 4.78 is 0. The molecule has 1 aromatic carbocycles. The van der Waals surface area contributed by atoms with Crippen molar-refractivity contribution in [2.24, 2.45) is 5.11 Å². The summed E-state index contributed by atoms with van der Waals surface area (Å²) in [6, 6.07) is 6.23. The van der Waals surface area contributed by atoms with E-state index in [2.05, 4.69) is 15.0 Å². The minimum atomic E-state index is -1.24. The molecule has 7 heteroatoms. The van der Waals surface area contributed by atoms with E-state index in [0.29, 0.717) is 16.5 Å². The Morgan fingerprint density at radius 2 is 2.16 bits per heavy atom. The highest BCUT2D eigenvalue weighted by atomic mass is 16.3. The minimum absolute atomic E-state index is 0.174. The number of H-pyrrole nitrogens is 1. The molecule has 0 aliphatic heterocycles. The number of azide groups is 1. The summed E-state index contributed by atoms with van der Waals surface area (Å²) >= 11 is 0. The average Bonchev–Trinajstić information content (AvgIpc) is 2.44. The molecule has 98 valence electrons. The zero-order valence-corrected chi connectivity index (χ0v) is 9.89. The highest BCUT2D eigenvalue weighted by Crippen LogP contribution is 2.23. The first-order chi connectivity index (χ1) is 9.15. The number of hydrogen-bond donors (Lipinski definition) is 3. The summed E-state index contributed by atoms with van der Waals surface area (Å²) in [5.74, 6) is 0. The van der Waals surface area contributed by atoms with Gasteiger partial charge in [-0.05, 0) is 11.6 Å². The first-order valence-corrected chi connectivity index (χ1v) is 5.62. The normalized spacial score (nSPS) is 13.8. The molecule has 0 amide bonds. The quantitative estimate of drug-likeness (QED) is 0.435. The van der Waals surface area contributed by atoms with E-state index in [-0.39, 0.29) is 12.0 Å². The number of pyridine rings is 1. The van der Waals surface area contributed by atoms with Gasteiger partial charge >= 0.3 is 0 Å². The van der Waals surface area contributed by atoms with Crippen molar-refractivity contribution >= 4 is 10.9 Å². The number of para-hydroxylation sites is 1. The van der Waals surface area contributed by atoms with E-state index in [1.54, 1.807) is 18.2 Å². The van der Waals surface area contributed by atoms with Gasteiger partial charge in [0, 0.05) is 28.1 Å². The molecule has 2 rings (SSSR count). The smallest absolute Gasteiger partial charge is 0.189 e. The van der Waals surface area contributed by atoms with Crippen LogP contribution in [0.15, 0.2) is 40.4 Å². The molecule has 7 nitrogen and oxygen atoms in total. The number of nitrogens with zero attached hydrogens (tertiary/aromatic N) is 3. The Morgan fingerprint density at radius 1 is 1.37 bits per heavy atom. The van der Waals surface area contributed by atoms with E-state index in [0.717, 1.165) is 0 Å². The second-order valence-electron chi connectivity index (χ2n) is 4.04. The molecule has 19 heavy (non-hydrogen) atoms. The van der Waals surface area contributed by atoms with Gasteiger partial charge in [-0.1, -0.05) is 17.2 Å². The molecular formula is C12H12N4O3. The van der Waals surface area contributed by atoms with E-state index >= 15 is 0 Å². The van der Waals surface area contributed by atoms with Crippen LogP contribution in [0.25, 0.3) is 21.3 Å². The van der Waals surface area contributed by atoms with Crippen LogP contribution in [0.2, 0.25) is 0 Å². The first kappa shape index (κ1) is 13.1. The van der Waals surface area contributed by atoms with Gasteiger partial charge in [0.2, 0.25) is 0 Å². The summed E-state index contributed by atoms with van der Waals surface area (Å²) in [5.41, 5.74) is 8.87. The number of rotatable bonds is 4. The van der Waals surface area contributed by atoms with Crippen LogP contribution in [0.3, 0.4) is 0 Å². The summed E-state index contributed by atoms with van der Waals surface area (Å²) in [5, 5.41) is 23.4. The SMILES string of the molecule is [N-]=[N+]=NCC(O)C(O)c1cccc2c(=O)cc[nH]c12. The van der Waals surface area contributed by atoms with Gasteiger partial charge in [-0.2, -0.15) is 0 Å². The highest BCUT2D eigenvalue weighted by Gasteiger charge is 2.20. The third kappa shape index (κ3) is 2.58. The van der Waals surface area contributed by atoms with Crippen LogP contribution in [-0.2, 0) is 0 Å². The van der Waals surface area contributed by atoms with Crippen molar-refractivity contribution in [3.8, 4) is 0 Å². The number of fused-ring (bicyclic) bond motifs is 1. The van der Waals surface area contributed by atoms with Gasteiger partial charge in [0.1, 0.15) is 6.10 Å². The van der Waals surface area contributed by atoms with Crippen molar-refractivity contribution < 1.29 is 10.2 Å². The zero-order chi connectivity index (χ0) is 13.8. The molecule has 2 unspecified atom stereocenters. The van der Waals surface area contributed by atoms with Crippen LogP contribution in [0.4, 0.5) is 0 Å². The lowest BCUT2D eigenvalue weighted by Crippen LogP contribution is -2.21. The standard InChI is InChI=1S/C12H12N4O3/c13-16-15-6-10(18)12(19)8-3-1-2-7-9(17)4-5-14-11(7)8/h1-5,10,12,18-19H,6H2,(H,14,17). The maximum Gasteiger partial charge on any atom is 0.189 e. The molecule has 1 heterocycles. The molecule has 0 fully saturated rings. The number of hydrogen-bond acceptors (Lipinski definition) is 4. The maximum atomic E-state index is 11.7. The molecule has 3 N–H and O–H groups in total. The average molecular weight is 260 g/mol. The number of nitrogens with one attached hydrogen (secondary N) is 1. The summed E-state index contributed by atoms with van der Waals surface area (Å²) in [4.78, 5) is 17.1. The monoisotopic (exact) mass is 260 g/mol. The van der Waals surface area contributed by atoms with Crippen LogP contribution < -0.4 is 5.43 Å². The molecule has 1 aromatic heterocycles. The predicted molar refractivity (Wildman–Crippen MR) is 69.5 cm³/mol. The van der Waals surface area contributed by atoms with Crippen molar-refractivity contribution in [2.45, 2.75) is 12.2 Å². The number of aliphatic hydroxyl groups is 2. The first-order valence-electron chi connectivity index (χ1n) is 5.62. The van der Waals surface area contributed by atoms with E-state index in [4.69, 9.17) is 5.53 Å². The van der Waals surface area contributed by atoms with Gasteiger partial charge in [0.25, 0.3) is 0 Å². The number of aromatic amines is 1. The predicted octanol–water partition coefficient (Wildman–Crippen LogP) is 1.23. The Balaban J connectivity index is 2.48. The topological polar surface area (TPSA) is 122 Å². The summed E-state index contributed by atoms with van der Waals surface area (Å²) in [6.45, 7) is -0.245. The molecule has 2 atom stereocenters. The largest absolute Gasteiger partial charge is 0.390 e. The van der Waals surface area contributed by atoms with E-state index in [1.165, 1.54) is 12.3 Å². The summed E-state index contributed by atoms with van der Waals surface area (Å²) in [7, 11) is 0. The lowest BCUT2D eigenvalue weighted by Gasteiger charge is -2.17. The highest BCUT2D eigenvalue weighted by molar-refractivity contribution is 5.81. The Labute approximate surface area is 107 Å². The maximum absolute atomic E-state index is 11.7. The van der Waals surface area contributed by atoms with Crippen LogP contribution in [0, 0.1) is 0 Å².